The van der Waals surface area contributed by atoms with Crippen molar-refractivity contribution in [1.82, 2.24) is 15.5 Å². The molecule has 7 nitrogen and oxygen atoms in total. The van der Waals surface area contributed by atoms with Gasteiger partial charge in [-0.3, -0.25) is 14.4 Å². The summed E-state index contributed by atoms with van der Waals surface area (Å²) in [6, 6.07) is 7.01. The number of rotatable bonds is 5. The first-order chi connectivity index (χ1) is 12.5. The predicted molar refractivity (Wildman–Crippen MR) is 96.9 cm³/mol. The van der Waals surface area contributed by atoms with Crippen molar-refractivity contribution in [3.8, 4) is 0 Å². The minimum absolute atomic E-state index is 0.0863. The third kappa shape index (κ3) is 3.88. The standard InChI is InChI=1S/C19H26N4O3/c1-12-3-2-4-13(9-12)11-21-18(25)16-8-6-14-5-7-15(19(26)23(14)16)22-17(24)10-20/h2-4,9,14-16H,5-8,10-11,20H2,1H3,(H,21,25)(H,22,24)/t14-,15-,16-/m0/s1. The van der Waals surface area contributed by atoms with Crippen molar-refractivity contribution >= 4 is 17.7 Å². The first kappa shape index (κ1) is 18.4. The number of benzene rings is 1. The van der Waals surface area contributed by atoms with Crippen LogP contribution in [0.2, 0.25) is 0 Å². The van der Waals surface area contributed by atoms with Crippen LogP contribution in [0, 0.1) is 6.92 Å². The van der Waals surface area contributed by atoms with Crippen LogP contribution in [-0.4, -0.2) is 47.3 Å². The summed E-state index contributed by atoms with van der Waals surface area (Å²) in [6.07, 6.45) is 2.88. The van der Waals surface area contributed by atoms with Crippen LogP contribution in [0.15, 0.2) is 24.3 Å². The van der Waals surface area contributed by atoms with Gasteiger partial charge in [-0.25, -0.2) is 0 Å². The Morgan fingerprint density at radius 3 is 2.73 bits per heavy atom. The van der Waals surface area contributed by atoms with E-state index in [1.165, 1.54) is 0 Å². The van der Waals surface area contributed by atoms with Crippen LogP contribution in [0.4, 0.5) is 0 Å². The molecule has 1 aromatic carbocycles. The Balaban J connectivity index is 1.63. The number of carbonyl (C=O) groups is 3. The Labute approximate surface area is 153 Å². The van der Waals surface area contributed by atoms with Crippen LogP contribution in [-0.2, 0) is 20.9 Å². The SMILES string of the molecule is Cc1cccc(CNC(=O)[C@@H]2CC[C@@H]3CC[C@H](NC(=O)CN)C(=O)N32)c1. The number of amides is 3. The quantitative estimate of drug-likeness (QED) is 0.700. The molecular weight excluding hydrogens is 332 g/mol. The molecule has 0 saturated carbocycles. The molecule has 26 heavy (non-hydrogen) atoms. The number of piperidine rings is 1. The number of aryl methyl sites for hydroxylation is 1. The second kappa shape index (κ2) is 7.86. The lowest BCUT2D eigenvalue weighted by molar-refractivity contribution is -0.146. The van der Waals surface area contributed by atoms with Crippen LogP contribution in [0.5, 0.6) is 0 Å². The summed E-state index contributed by atoms with van der Waals surface area (Å²) in [5.41, 5.74) is 7.50. The van der Waals surface area contributed by atoms with Gasteiger partial charge in [-0.1, -0.05) is 29.8 Å². The van der Waals surface area contributed by atoms with E-state index in [1.54, 1.807) is 4.90 Å². The van der Waals surface area contributed by atoms with Gasteiger partial charge in [0.15, 0.2) is 0 Å². The largest absolute Gasteiger partial charge is 0.350 e. The van der Waals surface area contributed by atoms with Crippen molar-refractivity contribution in [2.24, 2.45) is 5.73 Å². The molecule has 2 heterocycles. The van der Waals surface area contributed by atoms with E-state index in [0.717, 1.165) is 24.0 Å². The fourth-order valence-corrected chi connectivity index (χ4v) is 3.94. The summed E-state index contributed by atoms with van der Waals surface area (Å²) >= 11 is 0. The third-order valence-electron chi connectivity index (χ3n) is 5.22. The number of nitrogens with one attached hydrogen (secondary N) is 2. The summed E-state index contributed by atoms with van der Waals surface area (Å²) in [7, 11) is 0. The van der Waals surface area contributed by atoms with Gasteiger partial charge in [0.2, 0.25) is 17.7 Å². The van der Waals surface area contributed by atoms with Gasteiger partial charge >= 0.3 is 0 Å². The van der Waals surface area contributed by atoms with Crippen molar-refractivity contribution < 1.29 is 14.4 Å². The predicted octanol–water partition coefficient (Wildman–Crippen LogP) is 0.208. The van der Waals surface area contributed by atoms with Gasteiger partial charge in [0.25, 0.3) is 0 Å². The van der Waals surface area contributed by atoms with Crippen molar-refractivity contribution in [3.63, 3.8) is 0 Å². The van der Waals surface area contributed by atoms with Crippen molar-refractivity contribution in [3.05, 3.63) is 35.4 Å². The highest BCUT2D eigenvalue weighted by Gasteiger charge is 2.46. The monoisotopic (exact) mass is 358 g/mol. The van der Waals surface area contributed by atoms with Crippen LogP contribution < -0.4 is 16.4 Å². The summed E-state index contributed by atoms with van der Waals surface area (Å²) in [5.74, 6) is -0.647. The fourth-order valence-electron chi connectivity index (χ4n) is 3.94. The van der Waals surface area contributed by atoms with E-state index < -0.39 is 12.1 Å². The van der Waals surface area contributed by atoms with E-state index in [-0.39, 0.29) is 30.3 Å². The second-order valence-corrected chi connectivity index (χ2v) is 7.10. The first-order valence-corrected chi connectivity index (χ1v) is 9.14. The number of fused-ring (bicyclic) bond motifs is 1. The maximum absolute atomic E-state index is 12.8. The lowest BCUT2D eigenvalue weighted by Crippen LogP contribution is -2.59. The van der Waals surface area contributed by atoms with Crippen LogP contribution in [0.1, 0.15) is 36.8 Å². The van der Waals surface area contributed by atoms with Gasteiger partial charge < -0.3 is 21.3 Å². The zero-order valence-corrected chi connectivity index (χ0v) is 15.0. The molecule has 2 fully saturated rings. The van der Waals surface area contributed by atoms with E-state index in [4.69, 9.17) is 5.73 Å². The second-order valence-electron chi connectivity index (χ2n) is 7.10. The van der Waals surface area contributed by atoms with E-state index in [9.17, 15) is 14.4 Å². The maximum atomic E-state index is 12.8. The molecule has 0 unspecified atom stereocenters. The molecule has 140 valence electrons. The Bertz CT molecular complexity index is 706. The molecule has 2 aliphatic heterocycles. The van der Waals surface area contributed by atoms with Gasteiger partial charge in [0.05, 0.1) is 6.54 Å². The van der Waals surface area contributed by atoms with Crippen LogP contribution in [0.25, 0.3) is 0 Å². The average molecular weight is 358 g/mol. The number of nitrogens with zero attached hydrogens (tertiary/aromatic N) is 1. The third-order valence-corrected chi connectivity index (χ3v) is 5.22. The molecule has 0 bridgehead atoms. The molecule has 4 N–H and O–H groups in total. The zero-order chi connectivity index (χ0) is 18.7. The van der Waals surface area contributed by atoms with E-state index in [2.05, 4.69) is 10.6 Å². The van der Waals surface area contributed by atoms with Gasteiger partial charge in [0.1, 0.15) is 12.1 Å². The highest BCUT2D eigenvalue weighted by molar-refractivity contribution is 5.93. The van der Waals surface area contributed by atoms with E-state index >= 15 is 0 Å². The highest BCUT2D eigenvalue weighted by Crippen LogP contribution is 2.32. The molecule has 0 spiro atoms. The molecule has 7 heteroatoms. The molecule has 1 aromatic rings. The maximum Gasteiger partial charge on any atom is 0.246 e. The normalized spacial score (nSPS) is 24.9. The molecule has 0 aliphatic carbocycles. The summed E-state index contributed by atoms with van der Waals surface area (Å²) < 4.78 is 0. The number of carbonyl (C=O) groups excluding carboxylic acids is 3. The highest BCUT2D eigenvalue weighted by atomic mass is 16.2. The molecular formula is C19H26N4O3. The molecule has 0 aromatic heterocycles. The van der Waals surface area contributed by atoms with Crippen molar-refractivity contribution in [1.29, 1.82) is 0 Å². The molecule has 0 radical (unpaired) electrons. The number of hydrogen-bond acceptors (Lipinski definition) is 4. The lowest BCUT2D eigenvalue weighted by Gasteiger charge is -2.37. The van der Waals surface area contributed by atoms with Gasteiger partial charge in [-0.05, 0) is 38.2 Å². The zero-order valence-electron chi connectivity index (χ0n) is 15.0. The number of hydrogen-bond donors (Lipinski definition) is 3. The Morgan fingerprint density at radius 2 is 2.00 bits per heavy atom. The smallest absolute Gasteiger partial charge is 0.246 e. The summed E-state index contributed by atoms with van der Waals surface area (Å²) in [6.45, 7) is 2.31. The summed E-state index contributed by atoms with van der Waals surface area (Å²) in [4.78, 5) is 38.7. The van der Waals surface area contributed by atoms with Gasteiger partial charge in [0, 0.05) is 12.6 Å². The Hall–Kier alpha value is -2.41. The lowest BCUT2D eigenvalue weighted by atomic mass is 9.98. The minimum Gasteiger partial charge on any atom is -0.350 e. The molecule has 2 aliphatic rings. The van der Waals surface area contributed by atoms with Gasteiger partial charge in [-0.15, -0.1) is 0 Å². The van der Waals surface area contributed by atoms with E-state index in [0.29, 0.717) is 19.4 Å². The van der Waals surface area contributed by atoms with Crippen molar-refractivity contribution in [2.45, 2.75) is 57.3 Å². The topological polar surface area (TPSA) is 105 Å². The number of nitrogens with two attached hydrogens (primary N) is 1. The van der Waals surface area contributed by atoms with Crippen LogP contribution in [0.3, 0.4) is 0 Å². The molecule has 3 amide bonds. The summed E-state index contributed by atoms with van der Waals surface area (Å²) in [5, 5.41) is 5.62. The first-order valence-electron chi connectivity index (χ1n) is 9.14. The van der Waals surface area contributed by atoms with Crippen molar-refractivity contribution in [2.75, 3.05) is 6.54 Å². The fraction of sp³-hybridized carbons (Fsp3) is 0.526. The van der Waals surface area contributed by atoms with E-state index in [1.807, 2.05) is 31.2 Å². The molecule has 3 rings (SSSR count). The molecule has 2 saturated heterocycles. The van der Waals surface area contributed by atoms with Gasteiger partial charge in [-0.2, -0.15) is 0 Å². The Morgan fingerprint density at radius 1 is 1.23 bits per heavy atom. The molecule has 3 atom stereocenters. The minimum atomic E-state index is -0.576. The van der Waals surface area contributed by atoms with Crippen LogP contribution >= 0.6 is 0 Å². The average Bonchev–Trinajstić information content (AvgIpc) is 3.07. The Kier molecular flexibility index (Phi) is 5.56.